The summed E-state index contributed by atoms with van der Waals surface area (Å²) in [5.41, 5.74) is 3.68. The van der Waals surface area contributed by atoms with Crippen LogP contribution in [0.3, 0.4) is 0 Å². The second-order valence-electron chi connectivity index (χ2n) is 7.97. The molecule has 6 nitrogen and oxygen atoms in total. The number of hydrogen-bond acceptors (Lipinski definition) is 4. The molecule has 0 atom stereocenters. The number of aromatic nitrogens is 1. The lowest BCUT2D eigenvalue weighted by atomic mass is 10.1. The van der Waals surface area contributed by atoms with Crippen LogP contribution in [0.1, 0.15) is 27.9 Å². The Labute approximate surface area is 192 Å². The van der Waals surface area contributed by atoms with Crippen LogP contribution in [0.5, 0.6) is 0 Å². The molecule has 3 aromatic rings. The number of nitrogens with one attached hydrogen (secondary N) is 1. The van der Waals surface area contributed by atoms with Crippen molar-refractivity contribution in [2.45, 2.75) is 51.0 Å². The zero-order chi connectivity index (χ0) is 23.8. The van der Waals surface area contributed by atoms with Gasteiger partial charge < -0.3 is 9.88 Å². The molecule has 1 amide bonds. The summed E-state index contributed by atoms with van der Waals surface area (Å²) in [6.45, 7) is 8.71. The molecule has 0 unspecified atom stereocenters. The average molecular weight is 473 g/mol. The quantitative estimate of drug-likeness (QED) is 0.591. The van der Waals surface area contributed by atoms with Gasteiger partial charge in [-0.3, -0.25) is 9.59 Å². The van der Waals surface area contributed by atoms with Gasteiger partial charge in [0.05, 0.1) is 4.90 Å². The minimum Gasteiger partial charge on any atom is -0.324 e. The number of aryl methyl sites for hydroxylation is 5. The first-order valence-corrected chi connectivity index (χ1v) is 11.9. The topological polar surface area (TPSA) is 85.2 Å². The molecule has 0 aliphatic heterocycles. The van der Waals surface area contributed by atoms with Gasteiger partial charge in [0.1, 0.15) is 11.4 Å². The zero-order valence-corrected chi connectivity index (χ0v) is 20.2. The first-order chi connectivity index (χ1) is 14.9. The average Bonchev–Trinajstić information content (AvgIpc) is 2.68. The van der Waals surface area contributed by atoms with Crippen molar-refractivity contribution in [3.05, 3.63) is 85.8 Å². The Balaban J connectivity index is 2.01. The molecule has 168 valence electrons. The Morgan fingerprint density at radius 3 is 2.06 bits per heavy atom. The number of sulfone groups is 1. The van der Waals surface area contributed by atoms with E-state index in [0.717, 1.165) is 16.7 Å². The van der Waals surface area contributed by atoms with Gasteiger partial charge in [-0.1, -0.05) is 29.3 Å². The fraction of sp³-hybridized carbons (Fsp3) is 0.250. The monoisotopic (exact) mass is 472 g/mol. The SMILES string of the molecule is Cc1cc(C)c(NC(=O)Cn2c(C)cc(C)c(S(=O)(=O)c3ccc(Cl)cc3)c2=O)c(C)c1. The highest BCUT2D eigenvalue weighted by Gasteiger charge is 2.26. The molecular formula is C24H25ClN2O4S. The van der Waals surface area contributed by atoms with E-state index in [2.05, 4.69) is 5.32 Å². The molecule has 32 heavy (non-hydrogen) atoms. The summed E-state index contributed by atoms with van der Waals surface area (Å²) in [6.07, 6.45) is 0. The van der Waals surface area contributed by atoms with Gasteiger partial charge in [-0.05, 0) is 81.6 Å². The highest BCUT2D eigenvalue weighted by molar-refractivity contribution is 7.91. The van der Waals surface area contributed by atoms with Gasteiger partial charge in [0.15, 0.2) is 0 Å². The molecule has 1 N–H and O–H groups in total. The van der Waals surface area contributed by atoms with Crippen molar-refractivity contribution in [1.82, 2.24) is 4.57 Å². The molecule has 0 radical (unpaired) electrons. The molecule has 0 saturated carbocycles. The van der Waals surface area contributed by atoms with E-state index in [1.54, 1.807) is 19.9 Å². The van der Waals surface area contributed by atoms with Crippen LogP contribution in [0.2, 0.25) is 5.02 Å². The van der Waals surface area contributed by atoms with E-state index < -0.39 is 21.3 Å². The number of benzene rings is 2. The highest BCUT2D eigenvalue weighted by Crippen LogP contribution is 2.24. The van der Waals surface area contributed by atoms with Crippen LogP contribution in [-0.4, -0.2) is 18.9 Å². The summed E-state index contributed by atoms with van der Waals surface area (Å²) in [5, 5.41) is 3.25. The number of rotatable bonds is 5. The minimum atomic E-state index is -4.09. The third-order valence-corrected chi connectivity index (χ3v) is 7.46. The number of hydrogen-bond donors (Lipinski definition) is 1. The summed E-state index contributed by atoms with van der Waals surface area (Å²) in [6, 6.07) is 11.1. The number of pyridine rings is 1. The van der Waals surface area contributed by atoms with Gasteiger partial charge in [0.25, 0.3) is 5.56 Å². The van der Waals surface area contributed by atoms with Crippen LogP contribution in [0.15, 0.2) is 57.1 Å². The summed E-state index contributed by atoms with van der Waals surface area (Å²) < 4.78 is 27.6. The number of nitrogens with zero attached hydrogens (tertiary/aromatic N) is 1. The largest absolute Gasteiger partial charge is 0.324 e. The fourth-order valence-corrected chi connectivity index (χ4v) is 5.54. The molecule has 1 heterocycles. The van der Waals surface area contributed by atoms with E-state index in [9.17, 15) is 18.0 Å². The van der Waals surface area contributed by atoms with E-state index in [4.69, 9.17) is 11.6 Å². The van der Waals surface area contributed by atoms with Crippen LogP contribution in [-0.2, 0) is 21.2 Å². The van der Waals surface area contributed by atoms with Crippen LogP contribution in [0.25, 0.3) is 0 Å². The van der Waals surface area contributed by atoms with Gasteiger partial charge in [-0.2, -0.15) is 0 Å². The van der Waals surface area contributed by atoms with E-state index in [1.165, 1.54) is 28.8 Å². The second-order valence-corrected chi connectivity index (χ2v) is 10.3. The zero-order valence-electron chi connectivity index (χ0n) is 18.6. The Morgan fingerprint density at radius 2 is 1.50 bits per heavy atom. The van der Waals surface area contributed by atoms with E-state index in [0.29, 0.717) is 22.0 Å². The first-order valence-electron chi connectivity index (χ1n) is 10.0. The minimum absolute atomic E-state index is 0.0344. The lowest BCUT2D eigenvalue weighted by Gasteiger charge is -2.16. The molecule has 0 bridgehead atoms. The Morgan fingerprint density at radius 1 is 0.938 bits per heavy atom. The van der Waals surface area contributed by atoms with Crippen LogP contribution in [0, 0.1) is 34.6 Å². The maximum Gasteiger partial charge on any atom is 0.270 e. The fourth-order valence-electron chi connectivity index (χ4n) is 3.86. The highest BCUT2D eigenvalue weighted by atomic mass is 35.5. The lowest BCUT2D eigenvalue weighted by molar-refractivity contribution is -0.116. The molecule has 2 aromatic carbocycles. The number of amides is 1. The van der Waals surface area contributed by atoms with Crippen molar-refractivity contribution >= 4 is 33.0 Å². The predicted molar refractivity (Wildman–Crippen MR) is 126 cm³/mol. The molecule has 0 aliphatic carbocycles. The predicted octanol–water partition coefficient (Wildman–Crippen LogP) is 4.52. The molecule has 3 rings (SSSR count). The van der Waals surface area contributed by atoms with Gasteiger partial charge in [0.2, 0.25) is 15.7 Å². The third kappa shape index (κ3) is 4.64. The maximum absolute atomic E-state index is 13.2. The van der Waals surface area contributed by atoms with Gasteiger partial charge in [-0.15, -0.1) is 0 Å². The van der Waals surface area contributed by atoms with Crippen molar-refractivity contribution in [2.75, 3.05) is 5.32 Å². The van der Waals surface area contributed by atoms with E-state index in [1.807, 2.05) is 32.9 Å². The third-order valence-electron chi connectivity index (χ3n) is 5.28. The van der Waals surface area contributed by atoms with Gasteiger partial charge >= 0.3 is 0 Å². The summed E-state index contributed by atoms with van der Waals surface area (Å²) >= 11 is 5.87. The summed E-state index contributed by atoms with van der Waals surface area (Å²) in [7, 11) is -4.09. The van der Waals surface area contributed by atoms with Crippen molar-refractivity contribution in [1.29, 1.82) is 0 Å². The molecule has 0 spiro atoms. The maximum atomic E-state index is 13.2. The van der Waals surface area contributed by atoms with Crippen molar-refractivity contribution < 1.29 is 13.2 Å². The first kappa shape index (κ1) is 23.8. The standard InChI is InChI=1S/C24H25ClN2O4S/c1-14-10-15(2)22(16(3)11-14)26-21(28)13-27-18(5)12-17(4)23(24(27)29)32(30,31)20-8-6-19(25)7-9-20/h6-12H,13H2,1-5H3,(H,26,28). The molecule has 8 heteroatoms. The summed E-state index contributed by atoms with van der Waals surface area (Å²) in [4.78, 5) is 25.7. The molecule has 0 fully saturated rings. The molecule has 0 aliphatic rings. The lowest BCUT2D eigenvalue weighted by Crippen LogP contribution is -2.33. The smallest absolute Gasteiger partial charge is 0.270 e. The Kier molecular flexibility index (Phi) is 6.62. The normalized spacial score (nSPS) is 11.4. The molecule has 0 saturated heterocycles. The molecular weight excluding hydrogens is 448 g/mol. The van der Waals surface area contributed by atoms with Gasteiger partial charge in [0, 0.05) is 16.4 Å². The van der Waals surface area contributed by atoms with Crippen molar-refractivity contribution in [3.63, 3.8) is 0 Å². The van der Waals surface area contributed by atoms with E-state index in [-0.39, 0.29) is 16.3 Å². The molecule has 1 aromatic heterocycles. The second kappa shape index (κ2) is 8.92. The van der Waals surface area contributed by atoms with Crippen molar-refractivity contribution in [3.8, 4) is 0 Å². The van der Waals surface area contributed by atoms with Crippen LogP contribution < -0.4 is 10.9 Å². The summed E-state index contributed by atoms with van der Waals surface area (Å²) in [5.74, 6) is -0.413. The Hall–Kier alpha value is -2.90. The Bertz CT molecular complexity index is 1350. The number of halogens is 1. The van der Waals surface area contributed by atoms with E-state index >= 15 is 0 Å². The van der Waals surface area contributed by atoms with Crippen molar-refractivity contribution in [2.24, 2.45) is 0 Å². The van der Waals surface area contributed by atoms with Gasteiger partial charge in [-0.25, -0.2) is 8.42 Å². The number of carbonyl (C=O) groups excluding carboxylic acids is 1. The van der Waals surface area contributed by atoms with Crippen LogP contribution in [0.4, 0.5) is 5.69 Å². The number of anilines is 1. The van der Waals surface area contributed by atoms with Crippen LogP contribution >= 0.6 is 11.6 Å². The number of carbonyl (C=O) groups is 1.